The zero-order valence-corrected chi connectivity index (χ0v) is 18.7. The molecule has 0 radical (unpaired) electrons. The molecule has 4 fully saturated rings. The van der Waals surface area contributed by atoms with Crippen LogP contribution in [0.2, 0.25) is 0 Å². The van der Waals surface area contributed by atoms with E-state index in [1.807, 2.05) is 0 Å². The van der Waals surface area contributed by atoms with Gasteiger partial charge in [0.15, 0.2) is 0 Å². The molecule has 8 unspecified atom stereocenters. The lowest BCUT2D eigenvalue weighted by Gasteiger charge is -3.11. The predicted octanol–water partition coefficient (Wildman–Crippen LogP) is 7.04. The van der Waals surface area contributed by atoms with E-state index < -0.39 is 0 Å². The standard InChI is InChI=1S/C24H42/c1-14(2)16-15(3)19(8)20(16,9)24(13)22(11)18(6,7)17(4,5)21(22,10)23(19,24)12/h14-16H,1-13H3. The Hall–Kier alpha value is 0. The third-order valence-electron chi connectivity index (χ3n) is 14.1. The number of fused-ring (bicyclic) bond motifs is 7. The van der Waals surface area contributed by atoms with E-state index >= 15 is 0 Å². The summed E-state index contributed by atoms with van der Waals surface area (Å²) in [6.45, 7) is 33.9. The van der Waals surface area contributed by atoms with Crippen LogP contribution in [0.1, 0.15) is 90.0 Å². The summed E-state index contributed by atoms with van der Waals surface area (Å²) in [5.41, 5.74) is 3.57. The Morgan fingerprint density at radius 2 is 0.875 bits per heavy atom. The maximum atomic E-state index is 2.70. The monoisotopic (exact) mass is 330 g/mol. The minimum atomic E-state index is 0.397. The number of rotatable bonds is 1. The first-order chi connectivity index (χ1) is 10.5. The summed E-state index contributed by atoms with van der Waals surface area (Å²) >= 11 is 0. The van der Waals surface area contributed by atoms with Crippen molar-refractivity contribution in [1.29, 1.82) is 0 Å². The molecule has 4 rings (SSSR count). The third kappa shape index (κ3) is 0.802. The van der Waals surface area contributed by atoms with Crippen LogP contribution in [0.15, 0.2) is 0 Å². The van der Waals surface area contributed by atoms with Gasteiger partial charge in [0.1, 0.15) is 0 Å². The van der Waals surface area contributed by atoms with Crippen LogP contribution in [0.25, 0.3) is 0 Å². The van der Waals surface area contributed by atoms with Crippen molar-refractivity contribution in [3.05, 3.63) is 0 Å². The summed E-state index contributed by atoms with van der Waals surface area (Å²) in [7, 11) is 0. The summed E-state index contributed by atoms with van der Waals surface area (Å²) in [5.74, 6) is 2.52. The molecule has 0 aromatic carbocycles. The lowest BCUT2D eigenvalue weighted by Crippen LogP contribution is -3.08. The Kier molecular flexibility index (Phi) is 2.49. The average molecular weight is 331 g/mol. The fraction of sp³-hybridized carbons (Fsp3) is 1.00. The molecule has 0 aromatic rings. The molecule has 4 aliphatic carbocycles. The molecule has 8 atom stereocenters. The molecule has 0 heterocycles. The molecule has 0 bridgehead atoms. The number of hydrogen-bond donors (Lipinski definition) is 0. The van der Waals surface area contributed by atoms with E-state index in [4.69, 9.17) is 0 Å². The molecule has 4 aliphatic rings. The summed E-state index contributed by atoms with van der Waals surface area (Å²) in [5, 5.41) is 0. The molecular weight excluding hydrogens is 288 g/mol. The van der Waals surface area contributed by atoms with E-state index in [1.165, 1.54) is 0 Å². The molecule has 0 saturated heterocycles. The summed E-state index contributed by atoms with van der Waals surface area (Å²) in [4.78, 5) is 0. The van der Waals surface area contributed by atoms with Crippen molar-refractivity contribution in [2.45, 2.75) is 90.0 Å². The minimum Gasteiger partial charge on any atom is -0.0625 e. The SMILES string of the molecule is CC(C)C1C(C)C2(C)C1(C)C1(C)C3(C)C(C)(C)C(C)(C)C3(C)C21C. The van der Waals surface area contributed by atoms with E-state index in [2.05, 4.69) is 90.0 Å². The van der Waals surface area contributed by atoms with E-state index in [-0.39, 0.29) is 0 Å². The third-order valence-corrected chi connectivity index (χ3v) is 14.1. The smallest absolute Gasteiger partial charge is 0.0134 e. The van der Waals surface area contributed by atoms with E-state index in [0.717, 1.165) is 17.8 Å². The van der Waals surface area contributed by atoms with Crippen molar-refractivity contribution in [2.24, 2.45) is 61.1 Å². The quantitative estimate of drug-likeness (QED) is 0.483. The van der Waals surface area contributed by atoms with Crippen molar-refractivity contribution in [1.82, 2.24) is 0 Å². The zero-order chi connectivity index (χ0) is 18.7. The highest BCUT2D eigenvalue weighted by Crippen LogP contribution is 3.12. The lowest BCUT2D eigenvalue weighted by atomic mass is 8.92. The van der Waals surface area contributed by atoms with Crippen LogP contribution in [-0.2, 0) is 0 Å². The maximum absolute atomic E-state index is 2.70. The van der Waals surface area contributed by atoms with E-state index in [9.17, 15) is 0 Å². The van der Waals surface area contributed by atoms with Gasteiger partial charge in [0, 0.05) is 0 Å². The lowest BCUT2D eigenvalue weighted by molar-refractivity contribution is -0.650. The van der Waals surface area contributed by atoms with Crippen molar-refractivity contribution in [3.8, 4) is 0 Å². The van der Waals surface area contributed by atoms with E-state index in [1.54, 1.807) is 0 Å². The predicted molar refractivity (Wildman–Crippen MR) is 104 cm³/mol. The Morgan fingerprint density at radius 1 is 0.542 bits per heavy atom. The molecule has 0 spiro atoms. The second-order valence-electron chi connectivity index (χ2n) is 12.7. The normalized spacial score (nSPS) is 67.8. The number of hydrogen-bond acceptors (Lipinski definition) is 0. The Morgan fingerprint density at radius 3 is 1.21 bits per heavy atom. The van der Waals surface area contributed by atoms with Gasteiger partial charge in [-0.05, 0) is 61.1 Å². The second-order valence-corrected chi connectivity index (χ2v) is 12.7. The van der Waals surface area contributed by atoms with Gasteiger partial charge >= 0.3 is 0 Å². The fourth-order valence-electron chi connectivity index (χ4n) is 12.3. The first kappa shape index (κ1) is 17.4. The molecule has 0 nitrogen and oxygen atoms in total. The van der Waals surface area contributed by atoms with Gasteiger partial charge in [-0.25, -0.2) is 0 Å². The van der Waals surface area contributed by atoms with Crippen LogP contribution >= 0.6 is 0 Å². The largest absolute Gasteiger partial charge is 0.0625 e. The summed E-state index contributed by atoms with van der Waals surface area (Å²) < 4.78 is 0. The van der Waals surface area contributed by atoms with Crippen molar-refractivity contribution in [3.63, 3.8) is 0 Å². The van der Waals surface area contributed by atoms with Gasteiger partial charge in [-0.1, -0.05) is 90.0 Å². The van der Waals surface area contributed by atoms with Crippen LogP contribution in [0, 0.1) is 61.1 Å². The second kappa shape index (κ2) is 3.43. The first-order valence-electron chi connectivity index (χ1n) is 10.5. The van der Waals surface area contributed by atoms with Crippen LogP contribution < -0.4 is 0 Å². The Balaban J connectivity index is 1.99. The van der Waals surface area contributed by atoms with Gasteiger partial charge in [0.05, 0.1) is 0 Å². The minimum absolute atomic E-state index is 0.397. The van der Waals surface area contributed by atoms with E-state index in [0.29, 0.717) is 43.3 Å². The van der Waals surface area contributed by atoms with Gasteiger partial charge in [-0.15, -0.1) is 0 Å². The molecule has 0 aliphatic heterocycles. The van der Waals surface area contributed by atoms with Crippen LogP contribution in [0.4, 0.5) is 0 Å². The topological polar surface area (TPSA) is 0 Å². The Labute approximate surface area is 151 Å². The zero-order valence-electron chi connectivity index (χ0n) is 18.7. The molecule has 0 amide bonds. The van der Waals surface area contributed by atoms with Gasteiger partial charge < -0.3 is 0 Å². The van der Waals surface area contributed by atoms with Crippen LogP contribution in [0.5, 0.6) is 0 Å². The fourth-order valence-corrected chi connectivity index (χ4v) is 12.3. The van der Waals surface area contributed by atoms with Crippen molar-refractivity contribution >= 4 is 0 Å². The molecule has 0 N–H and O–H groups in total. The summed E-state index contributed by atoms with van der Waals surface area (Å²) in [6, 6.07) is 0. The summed E-state index contributed by atoms with van der Waals surface area (Å²) in [6.07, 6.45) is 0. The first-order valence-corrected chi connectivity index (χ1v) is 10.5. The molecule has 4 saturated carbocycles. The molecular formula is C24H42. The molecule has 0 heteroatoms. The van der Waals surface area contributed by atoms with Crippen LogP contribution in [0.3, 0.4) is 0 Å². The highest BCUT2D eigenvalue weighted by molar-refractivity contribution is 5.55. The Bertz CT molecular complexity index is 655. The maximum Gasteiger partial charge on any atom is -0.0134 e. The highest BCUT2D eigenvalue weighted by Gasteiger charge is 3.08. The van der Waals surface area contributed by atoms with Crippen molar-refractivity contribution < 1.29 is 0 Å². The highest BCUT2D eigenvalue weighted by atomic mass is 15.1. The van der Waals surface area contributed by atoms with Gasteiger partial charge in [-0.2, -0.15) is 0 Å². The van der Waals surface area contributed by atoms with Gasteiger partial charge in [0.25, 0.3) is 0 Å². The average Bonchev–Trinajstić information content (AvgIpc) is 2.48. The molecule has 138 valence electrons. The van der Waals surface area contributed by atoms with Crippen molar-refractivity contribution in [2.75, 3.05) is 0 Å². The van der Waals surface area contributed by atoms with Crippen LogP contribution in [-0.4, -0.2) is 0 Å². The van der Waals surface area contributed by atoms with Gasteiger partial charge in [-0.3, -0.25) is 0 Å². The molecule has 0 aromatic heterocycles. The molecule has 24 heavy (non-hydrogen) atoms. The van der Waals surface area contributed by atoms with Gasteiger partial charge in [0.2, 0.25) is 0 Å².